The molecule has 0 aliphatic heterocycles. The number of rotatable bonds is 3. The summed E-state index contributed by atoms with van der Waals surface area (Å²) in [4.78, 5) is 11.3. The van der Waals surface area contributed by atoms with Crippen molar-refractivity contribution in [2.24, 2.45) is 0 Å². The zero-order chi connectivity index (χ0) is 14.5. The van der Waals surface area contributed by atoms with E-state index >= 15 is 0 Å². The quantitative estimate of drug-likeness (QED) is 0.683. The maximum absolute atomic E-state index is 11.3. The molecule has 0 aromatic heterocycles. The Morgan fingerprint density at radius 3 is 2.45 bits per heavy atom. The number of aromatic hydroxyl groups is 1. The van der Waals surface area contributed by atoms with Crippen molar-refractivity contribution in [2.45, 2.75) is 6.92 Å². The van der Waals surface area contributed by atoms with Crippen molar-refractivity contribution in [3.63, 3.8) is 0 Å². The molecule has 2 aromatic carbocycles. The topological polar surface area (TPSA) is 46.5 Å². The fraction of sp³-hybridized carbons (Fsp3) is 0.118. The van der Waals surface area contributed by atoms with Crippen molar-refractivity contribution in [1.29, 1.82) is 0 Å². The molecule has 0 amide bonds. The number of hydrogen-bond donors (Lipinski definition) is 1. The summed E-state index contributed by atoms with van der Waals surface area (Å²) in [5.74, 6) is -0.121. The summed E-state index contributed by atoms with van der Waals surface area (Å²) in [5, 5.41) is 9.31. The Morgan fingerprint density at radius 2 is 1.80 bits per heavy atom. The van der Waals surface area contributed by atoms with Crippen LogP contribution in [0.3, 0.4) is 0 Å². The summed E-state index contributed by atoms with van der Waals surface area (Å²) in [5.41, 5.74) is 3.84. The van der Waals surface area contributed by atoms with Gasteiger partial charge >= 0.3 is 5.97 Å². The zero-order valence-electron chi connectivity index (χ0n) is 11.5. The maximum atomic E-state index is 11.3. The predicted octanol–water partition coefficient (Wildman–Crippen LogP) is 3.64. The van der Waals surface area contributed by atoms with Crippen LogP contribution in [0.5, 0.6) is 5.75 Å². The summed E-state index contributed by atoms with van der Waals surface area (Å²) in [6.45, 7) is 1.87. The molecule has 1 N–H and O–H groups in total. The molecule has 3 nitrogen and oxygen atoms in total. The Kier molecular flexibility index (Phi) is 4.20. The molecule has 0 saturated carbocycles. The second kappa shape index (κ2) is 6.06. The van der Waals surface area contributed by atoms with Crippen molar-refractivity contribution >= 4 is 11.5 Å². The average molecular weight is 268 g/mol. The molecule has 0 atom stereocenters. The van der Waals surface area contributed by atoms with Crippen LogP contribution in [0.4, 0.5) is 0 Å². The summed E-state index contributed by atoms with van der Waals surface area (Å²) < 4.78 is 4.63. The number of phenolic OH excluding ortho intramolecular Hbond substituents is 1. The zero-order valence-corrected chi connectivity index (χ0v) is 11.5. The maximum Gasteiger partial charge on any atom is 0.330 e. The number of hydrogen-bond acceptors (Lipinski definition) is 3. The molecule has 0 unspecified atom stereocenters. The molecule has 0 aliphatic carbocycles. The molecule has 0 saturated heterocycles. The van der Waals surface area contributed by atoms with Crippen LogP contribution in [-0.4, -0.2) is 18.2 Å². The first kappa shape index (κ1) is 13.9. The molecule has 2 rings (SSSR count). The molecule has 0 aliphatic rings. The van der Waals surface area contributed by atoms with E-state index in [1.165, 1.54) is 13.2 Å². The molecule has 0 bridgehead atoms. The fourth-order valence-electron chi connectivity index (χ4n) is 1.92. The Balaban J connectivity index is 2.35. The molecule has 2 aromatic rings. The van der Waals surface area contributed by atoms with E-state index in [-0.39, 0.29) is 11.7 Å². The standard InChI is InChI=1S/C17H16O3/c1-12(10-17(19)20-2)14-4-3-5-15(11-14)13-6-8-16(18)9-7-13/h3-11,18H,1-2H3/b12-10+. The minimum absolute atomic E-state index is 0.242. The SMILES string of the molecule is COC(=O)/C=C(\C)c1cccc(-c2ccc(O)cc2)c1. The van der Waals surface area contributed by atoms with E-state index in [0.29, 0.717) is 0 Å². The van der Waals surface area contributed by atoms with Crippen LogP contribution in [0, 0.1) is 0 Å². The number of esters is 1. The average Bonchev–Trinajstić information content (AvgIpc) is 2.48. The molecule has 20 heavy (non-hydrogen) atoms. The first-order valence-electron chi connectivity index (χ1n) is 6.26. The number of ether oxygens (including phenoxy) is 1. The van der Waals surface area contributed by atoms with E-state index in [1.54, 1.807) is 12.1 Å². The molecule has 0 spiro atoms. The second-order valence-corrected chi connectivity index (χ2v) is 4.48. The highest BCUT2D eigenvalue weighted by Crippen LogP contribution is 2.25. The van der Waals surface area contributed by atoms with E-state index in [0.717, 1.165) is 22.3 Å². The third-order valence-corrected chi connectivity index (χ3v) is 3.05. The first-order valence-corrected chi connectivity index (χ1v) is 6.26. The Bertz CT molecular complexity index is 640. The highest BCUT2D eigenvalue weighted by Gasteiger charge is 2.03. The normalized spacial score (nSPS) is 11.2. The number of allylic oxidation sites excluding steroid dienone is 1. The molecular formula is C17H16O3. The van der Waals surface area contributed by atoms with Gasteiger partial charge < -0.3 is 9.84 Å². The van der Waals surface area contributed by atoms with E-state index < -0.39 is 0 Å². The summed E-state index contributed by atoms with van der Waals surface area (Å²) in [6, 6.07) is 14.9. The Labute approximate surface area is 118 Å². The van der Waals surface area contributed by atoms with Gasteiger partial charge in [0.1, 0.15) is 5.75 Å². The first-order chi connectivity index (χ1) is 9.60. The van der Waals surface area contributed by atoms with Crippen LogP contribution in [0.2, 0.25) is 0 Å². The molecular weight excluding hydrogens is 252 g/mol. The minimum atomic E-state index is -0.363. The Hall–Kier alpha value is -2.55. The molecule has 102 valence electrons. The monoisotopic (exact) mass is 268 g/mol. The van der Waals surface area contributed by atoms with Crippen LogP contribution >= 0.6 is 0 Å². The molecule has 0 radical (unpaired) electrons. The summed E-state index contributed by atoms with van der Waals surface area (Å²) >= 11 is 0. The smallest absolute Gasteiger partial charge is 0.330 e. The van der Waals surface area contributed by atoms with Gasteiger partial charge in [-0.15, -0.1) is 0 Å². The number of carbonyl (C=O) groups is 1. The van der Waals surface area contributed by atoms with Crippen LogP contribution in [0.25, 0.3) is 16.7 Å². The van der Waals surface area contributed by atoms with Crippen LogP contribution in [0.1, 0.15) is 12.5 Å². The number of methoxy groups -OCH3 is 1. The van der Waals surface area contributed by atoms with Gasteiger partial charge in [0.25, 0.3) is 0 Å². The van der Waals surface area contributed by atoms with Gasteiger partial charge in [-0.2, -0.15) is 0 Å². The summed E-state index contributed by atoms with van der Waals surface area (Å²) in [7, 11) is 1.36. The third kappa shape index (κ3) is 3.26. The van der Waals surface area contributed by atoms with Crippen LogP contribution in [-0.2, 0) is 9.53 Å². The van der Waals surface area contributed by atoms with E-state index in [2.05, 4.69) is 4.74 Å². The molecule has 3 heteroatoms. The third-order valence-electron chi connectivity index (χ3n) is 3.05. The van der Waals surface area contributed by atoms with E-state index in [4.69, 9.17) is 0 Å². The van der Waals surface area contributed by atoms with Crippen LogP contribution in [0.15, 0.2) is 54.6 Å². The van der Waals surface area contributed by atoms with Crippen molar-refractivity contribution in [3.8, 4) is 16.9 Å². The lowest BCUT2D eigenvalue weighted by Crippen LogP contribution is -1.95. The van der Waals surface area contributed by atoms with Gasteiger partial charge in [0.15, 0.2) is 0 Å². The largest absolute Gasteiger partial charge is 0.508 e. The second-order valence-electron chi connectivity index (χ2n) is 4.48. The minimum Gasteiger partial charge on any atom is -0.508 e. The van der Waals surface area contributed by atoms with Crippen molar-refractivity contribution in [1.82, 2.24) is 0 Å². The molecule has 0 heterocycles. The predicted molar refractivity (Wildman–Crippen MR) is 79.2 cm³/mol. The van der Waals surface area contributed by atoms with Crippen molar-refractivity contribution < 1.29 is 14.6 Å². The van der Waals surface area contributed by atoms with Gasteiger partial charge in [-0.25, -0.2) is 4.79 Å². The van der Waals surface area contributed by atoms with Crippen LogP contribution < -0.4 is 0 Å². The van der Waals surface area contributed by atoms with E-state index in [9.17, 15) is 9.90 Å². The number of phenols is 1. The van der Waals surface area contributed by atoms with Gasteiger partial charge in [-0.05, 0) is 47.4 Å². The van der Waals surface area contributed by atoms with Gasteiger partial charge in [-0.1, -0.05) is 30.3 Å². The van der Waals surface area contributed by atoms with E-state index in [1.807, 2.05) is 43.3 Å². The highest BCUT2D eigenvalue weighted by atomic mass is 16.5. The van der Waals surface area contributed by atoms with Crippen molar-refractivity contribution in [3.05, 3.63) is 60.2 Å². The van der Waals surface area contributed by atoms with Gasteiger partial charge in [0, 0.05) is 6.08 Å². The number of carbonyl (C=O) groups excluding carboxylic acids is 1. The lowest BCUT2D eigenvalue weighted by Gasteiger charge is -2.06. The van der Waals surface area contributed by atoms with Crippen molar-refractivity contribution in [2.75, 3.05) is 7.11 Å². The lowest BCUT2D eigenvalue weighted by molar-refractivity contribution is -0.134. The fourth-order valence-corrected chi connectivity index (χ4v) is 1.92. The van der Waals surface area contributed by atoms with Gasteiger partial charge in [0.2, 0.25) is 0 Å². The summed E-state index contributed by atoms with van der Waals surface area (Å²) in [6.07, 6.45) is 1.47. The molecule has 0 fully saturated rings. The van der Waals surface area contributed by atoms with Gasteiger partial charge in [-0.3, -0.25) is 0 Å². The lowest BCUT2D eigenvalue weighted by atomic mass is 9.99. The van der Waals surface area contributed by atoms with Gasteiger partial charge in [0.05, 0.1) is 7.11 Å². The number of benzene rings is 2. The Morgan fingerprint density at radius 1 is 1.10 bits per heavy atom. The highest BCUT2D eigenvalue weighted by molar-refractivity contribution is 5.91.